The number of aromatic nitrogens is 2. The molecule has 158 valence electrons. The number of likely N-dealkylation sites (tertiary alicyclic amines) is 1. The van der Waals surface area contributed by atoms with E-state index < -0.39 is 17.3 Å². The predicted octanol–water partition coefficient (Wildman–Crippen LogP) is 4.53. The Morgan fingerprint density at radius 3 is 2.45 bits per heavy atom. The van der Waals surface area contributed by atoms with E-state index in [0.29, 0.717) is 25.9 Å². The van der Waals surface area contributed by atoms with E-state index in [4.69, 9.17) is 13.9 Å². The minimum atomic E-state index is -4.57. The van der Waals surface area contributed by atoms with Crippen LogP contribution >= 0.6 is 0 Å². The standard InChI is InChI=1S/C19H22F3N3O4/c1-18(2,3)29-17(26)25-8-6-12(7-9-25)28-13-4-5-15(19(20,21)22)14(10-13)16-24-23-11-27-16/h4-5,10-12H,6-9H2,1-3H3. The maximum Gasteiger partial charge on any atom is 0.417 e. The van der Waals surface area contributed by atoms with E-state index >= 15 is 0 Å². The summed E-state index contributed by atoms with van der Waals surface area (Å²) in [5.41, 5.74) is -1.69. The number of nitrogens with zero attached hydrogens (tertiary/aromatic N) is 3. The number of hydrogen-bond donors (Lipinski definition) is 0. The highest BCUT2D eigenvalue weighted by atomic mass is 19.4. The van der Waals surface area contributed by atoms with Crippen LogP contribution in [0.25, 0.3) is 11.5 Å². The third-order valence-corrected chi connectivity index (χ3v) is 4.28. The average Bonchev–Trinajstić information content (AvgIpc) is 3.14. The first-order chi connectivity index (χ1) is 13.5. The number of ether oxygens (including phenoxy) is 2. The van der Waals surface area contributed by atoms with Gasteiger partial charge in [-0.1, -0.05) is 0 Å². The molecule has 1 aromatic carbocycles. The Labute approximate surface area is 165 Å². The second-order valence-electron chi connectivity index (χ2n) is 7.73. The minimum Gasteiger partial charge on any atom is -0.490 e. The molecule has 0 saturated carbocycles. The van der Waals surface area contributed by atoms with Crippen LogP contribution in [0.1, 0.15) is 39.2 Å². The van der Waals surface area contributed by atoms with Crippen molar-refractivity contribution in [3.63, 3.8) is 0 Å². The summed E-state index contributed by atoms with van der Waals surface area (Å²) in [5.74, 6) is 0.0319. The van der Waals surface area contributed by atoms with Crippen molar-refractivity contribution in [2.75, 3.05) is 13.1 Å². The second-order valence-corrected chi connectivity index (χ2v) is 7.73. The SMILES string of the molecule is CC(C)(C)OC(=O)N1CCC(Oc2ccc(C(F)(F)F)c(-c3nnco3)c2)CC1. The summed E-state index contributed by atoms with van der Waals surface area (Å²) in [6.07, 6.45) is -3.15. The third kappa shape index (κ3) is 5.39. The highest BCUT2D eigenvalue weighted by Gasteiger charge is 2.35. The zero-order valence-electron chi connectivity index (χ0n) is 16.3. The van der Waals surface area contributed by atoms with Gasteiger partial charge in [0.05, 0.1) is 11.1 Å². The number of carbonyl (C=O) groups excluding carboxylic acids is 1. The quantitative estimate of drug-likeness (QED) is 0.736. The van der Waals surface area contributed by atoms with E-state index in [1.54, 1.807) is 25.7 Å². The van der Waals surface area contributed by atoms with Gasteiger partial charge in [-0.25, -0.2) is 4.79 Å². The Morgan fingerprint density at radius 2 is 1.90 bits per heavy atom. The smallest absolute Gasteiger partial charge is 0.417 e. The fourth-order valence-corrected chi connectivity index (χ4v) is 2.99. The summed E-state index contributed by atoms with van der Waals surface area (Å²) >= 11 is 0. The lowest BCUT2D eigenvalue weighted by molar-refractivity contribution is -0.137. The van der Waals surface area contributed by atoms with E-state index in [9.17, 15) is 18.0 Å². The first-order valence-electron chi connectivity index (χ1n) is 9.15. The molecule has 1 aromatic heterocycles. The van der Waals surface area contributed by atoms with E-state index in [2.05, 4.69) is 10.2 Å². The normalized spacial score (nSPS) is 16.0. The zero-order chi connectivity index (χ0) is 21.2. The average molecular weight is 413 g/mol. The van der Waals surface area contributed by atoms with Crippen molar-refractivity contribution in [1.82, 2.24) is 15.1 Å². The lowest BCUT2D eigenvalue weighted by Crippen LogP contribution is -2.44. The van der Waals surface area contributed by atoms with Crippen molar-refractivity contribution in [2.24, 2.45) is 0 Å². The van der Waals surface area contributed by atoms with E-state index in [1.165, 1.54) is 12.1 Å². The fourth-order valence-electron chi connectivity index (χ4n) is 2.99. The molecule has 29 heavy (non-hydrogen) atoms. The Morgan fingerprint density at radius 1 is 1.21 bits per heavy atom. The summed E-state index contributed by atoms with van der Waals surface area (Å²) in [5, 5.41) is 7.02. The van der Waals surface area contributed by atoms with Gasteiger partial charge in [0.1, 0.15) is 17.5 Å². The van der Waals surface area contributed by atoms with Gasteiger partial charge in [-0.15, -0.1) is 10.2 Å². The van der Waals surface area contributed by atoms with Gasteiger partial charge < -0.3 is 18.8 Å². The number of hydrogen-bond acceptors (Lipinski definition) is 6. The number of benzene rings is 1. The molecule has 1 aliphatic heterocycles. The van der Waals surface area contributed by atoms with Crippen molar-refractivity contribution in [3.05, 3.63) is 30.2 Å². The van der Waals surface area contributed by atoms with Crippen molar-refractivity contribution in [2.45, 2.75) is 51.5 Å². The van der Waals surface area contributed by atoms with E-state index in [1.807, 2.05) is 0 Å². The Hall–Kier alpha value is -2.78. The number of halogens is 3. The zero-order valence-corrected chi connectivity index (χ0v) is 16.3. The second kappa shape index (κ2) is 7.92. The molecule has 7 nitrogen and oxygen atoms in total. The van der Waals surface area contributed by atoms with Crippen molar-refractivity contribution < 1.29 is 31.9 Å². The van der Waals surface area contributed by atoms with Gasteiger partial charge >= 0.3 is 12.3 Å². The van der Waals surface area contributed by atoms with Gasteiger partial charge in [0.15, 0.2) is 0 Å². The summed E-state index contributed by atoms with van der Waals surface area (Å²) in [6.45, 7) is 6.28. The molecule has 1 aliphatic rings. The molecular weight excluding hydrogens is 391 g/mol. The van der Waals surface area contributed by atoms with Crippen LogP contribution in [0, 0.1) is 0 Å². The summed E-state index contributed by atoms with van der Waals surface area (Å²) < 4.78 is 56.0. The molecule has 0 unspecified atom stereocenters. The maximum atomic E-state index is 13.3. The number of alkyl halides is 3. The number of amides is 1. The molecule has 3 rings (SSSR count). The number of carbonyl (C=O) groups is 1. The molecule has 0 spiro atoms. The number of piperidine rings is 1. The fraction of sp³-hybridized carbons (Fsp3) is 0.526. The highest BCUT2D eigenvalue weighted by molar-refractivity contribution is 5.68. The van der Waals surface area contributed by atoms with Crippen molar-refractivity contribution in [3.8, 4) is 17.2 Å². The maximum absolute atomic E-state index is 13.3. The van der Waals surface area contributed by atoms with Crippen molar-refractivity contribution >= 4 is 6.09 Å². The lowest BCUT2D eigenvalue weighted by Gasteiger charge is -2.33. The van der Waals surface area contributed by atoms with Gasteiger partial charge in [-0.3, -0.25) is 0 Å². The van der Waals surface area contributed by atoms with Gasteiger partial charge in [0.25, 0.3) is 0 Å². The van der Waals surface area contributed by atoms with Gasteiger partial charge in [0.2, 0.25) is 12.3 Å². The Kier molecular flexibility index (Phi) is 5.72. The van der Waals surface area contributed by atoms with Crippen LogP contribution in [0.5, 0.6) is 5.75 Å². The van der Waals surface area contributed by atoms with Crippen LogP contribution in [-0.4, -0.2) is 46.0 Å². The molecule has 1 saturated heterocycles. The molecule has 1 fully saturated rings. The van der Waals surface area contributed by atoms with Crippen LogP contribution in [-0.2, 0) is 10.9 Å². The molecule has 0 atom stereocenters. The van der Waals surface area contributed by atoms with E-state index in [-0.39, 0.29) is 29.4 Å². The monoisotopic (exact) mass is 413 g/mol. The molecule has 0 N–H and O–H groups in total. The molecule has 1 amide bonds. The number of rotatable bonds is 3. The molecule has 0 bridgehead atoms. The summed E-state index contributed by atoms with van der Waals surface area (Å²) in [6, 6.07) is 3.45. The molecule has 2 aromatic rings. The largest absolute Gasteiger partial charge is 0.490 e. The summed E-state index contributed by atoms with van der Waals surface area (Å²) in [4.78, 5) is 13.7. The van der Waals surface area contributed by atoms with Crippen LogP contribution in [0.15, 0.2) is 29.0 Å². The molecule has 0 radical (unpaired) electrons. The molecule has 10 heteroatoms. The van der Waals surface area contributed by atoms with Gasteiger partial charge in [0, 0.05) is 25.9 Å². The van der Waals surface area contributed by atoms with Crippen molar-refractivity contribution in [1.29, 1.82) is 0 Å². The first kappa shape index (κ1) is 20.9. The third-order valence-electron chi connectivity index (χ3n) is 4.28. The van der Waals surface area contributed by atoms with Gasteiger partial charge in [-0.05, 0) is 39.0 Å². The Balaban J connectivity index is 1.67. The van der Waals surface area contributed by atoms with Crippen LogP contribution in [0.3, 0.4) is 0 Å². The van der Waals surface area contributed by atoms with Crippen LogP contribution in [0.2, 0.25) is 0 Å². The van der Waals surface area contributed by atoms with Crippen LogP contribution < -0.4 is 4.74 Å². The van der Waals surface area contributed by atoms with E-state index in [0.717, 1.165) is 12.5 Å². The predicted molar refractivity (Wildman–Crippen MR) is 96.2 cm³/mol. The van der Waals surface area contributed by atoms with Crippen LogP contribution in [0.4, 0.5) is 18.0 Å². The lowest BCUT2D eigenvalue weighted by atomic mass is 10.1. The van der Waals surface area contributed by atoms with Gasteiger partial charge in [-0.2, -0.15) is 13.2 Å². The summed E-state index contributed by atoms with van der Waals surface area (Å²) in [7, 11) is 0. The molecule has 0 aliphatic carbocycles. The topological polar surface area (TPSA) is 77.7 Å². The first-order valence-corrected chi connectivity index (χ1v) is 9.15. The highest BCUT2D eigenvalue weighted by Crippen LogP contribution is 2.38. The Bertz CT molecular complexity index is 839. The molecule has 2 heterocycles. The molecular formula is C19H22F3N3O4. The minimum absolute atomic E-state index is 0.234.